The Balaban J connectivity index is 1.67. The normalized spacial score (nSPS) is 12.0. The van der Waals surface area contributed by atoms with Gasteiger partial charge in [0, 0.05) is 25.7 Å². The van der Waals surface area contributed by atoms with Crippen molar-refractivity contribution in [1.29, 1.82) is 0 Å². The fourth-order valence-corrected chi connectivity index (χ4v) is 3.90. The molecule has 0 aliphatic rings. The van der Waals surface area contributed by atoms with Crippen LogP contribution in [0.5, 0.6) is 11.6 Å². The molecular formula is C28H28FN3O4. The largest absolute Gasteiger partial charge is 0.468 e. The summed E-state index contributed by atoms with van der Waals surface area (Å²) < 4.78 is 32.2. The lowest BCUT2D eigenvalue weighted by Crippen LogP contribution is -2.34. The molecule has 0 saturated carbocycles. The van der Waals surface area contributed by atoms with E-state index in [-0.39, 0.29) is 19.0 Å². The molecule has 0 radical (unpaired) electrons. The molecule has 0 unspecified atom stereocenters. The molecule has 0 bridgehead atoms. The Hall–Kier alpha value is -3.90. The van der Waals surface area contributed by atoms with E-state index in [1.54, 1.807) is 30.1 Å². The number of benzene rings is 2. The molecule has 2 heterocycles. The molecule has 36 heavy (non-hydrogen) atoms. The van der Waals surface area contributed by atoms with Gasteiger partial charge in [0.2, 0.25) is 5.88 Å². The Bertz CT molecular complexity index is 1260. The van der Waals surface area contributed by atoms with E-state index in [9.17, 15) is 9.50 Å². The molecule has 0 aliphatic carbocycles. The van der Waals surface area contributed by atoms with Crippen LogP contribution in [-0.2, 0) is 24.9 Å². The van der Waals surface area contributed by atoms with Gasteiger partial charge in [-0.3, -0.25) is 4.90 Å². The number of aliphatic hydroxyl groups excluding tert-OH is 1. The standard InChI is InChI=1S/C28H28FN3O4/c1-3-15-34-20-23(33)17-32(18-25-10-7-16-35-25)19-26-27(21-8-5-4-6-9-21)30-31(2)28(26)36-24-13-11-22(29)12-14-24/h1,4-14,16,23,33H,15,17-20H2,2H3/t23-/m1/s1. The summed E-state index contributed by atoms with van der Waals surface area (Å²) in [6, 6.07) is 19.3. The van der Waals surface area contributed by atoms with E-state index in [0.717, 1.165) is 22.6 Å². The second-order valence-corrected chi connectivity index (χ2v) is 8.30. The van der Waals surface area contributed by atoms with Crippen molar-refractivity contribution in [2.24, 2.45) is 7.05 Å². The van der Waals surface area contributed by atoms with Gasteiger partial charge in [-0.1, -0.05) is 36.3 Å². The smallest absolute Gasteiger partial charge is 0.222 e. The van der Waals surface area contributed by atoms with Crippen molar-refractivity contribution in [2.45, 2.75) is 19.2 Å². The molecule has 2 aromatic carbocycles. The van der Waals surface area contributed by atoms with Gasteiger partial charge in [-0.25, -0.2) is 9.07 Å². The Morgan fingerprint density at radius 3 is 2.58 bits per heavy atom. The van der Waals surface area contributed by atoms with E-state index in [1.165, 1.54) is 12.1 Å². The van der Waals surface area contributed by atoms with Crippen molar-refractivity contribution >= 4 is 0 Å². The zero-order valence-electron chi connectivity index (χ0n) is 20.0. The number of hydrogen-bond donors (Lipinski definition) is 1. The lowest BCUT2D eigenvalue weighted by molar-refractivity contribution is 0.0229. The summed E-state index contributed by atoms with van der Waals surface area (Å²) in [6.07, 6.45) is 6.09. The maximum Gasteiger partial charge on any atom is 0.222 e. The van der Waals surface area contributed by atoms with Crippen LogP contribution < -0.4 is 4.74 Å². The Kier molecular flexibility index (Phi) is 8.53. The third-order valence-electron chi connectivity index (χ3n) is 5.47. The molecule has 4 rings (SSSR count). The van der Waals surface area contributed by atoms with Crippen molar-refractivity contribution in [1.82, 2.24) is 14.7 Å². The Morgan fingerprint density at radius 2 is 1.89 bits per heavy atom. The summed E-state index contributed by atoms with van der Waals surface area (Å²) in [5.74, 6) is 3.81. The molecular weight excluding hydrogens is 461 g/mol. The molecule has 186 valence electrons. The number of halogens is 1. The SMILES string of the molecule is C#CCOC[C@H](O)CN(Cc1ccco1)Cc1c(-c2ccccc2)nn(C)c1Oc1ccc(F)cc1. The number of rotatable bonds is 12. The van der Waals surface area contributed by atoms with E-state index in [2.05, 4.69) is 5.92 Å². The highest BCUT2D eigenvalue weighted by atomic mass is 19.1. The van der Waals surface area contributed by atoms with Gasteiger partial charge in [0.1, 0.15) is 29.6 Å². The minimum absolute atomic E-state index is 0.108. The average molecular weight is 490 g/mol. The first-order valence-electron chi connectivity index (χ1n) is 11.5. The number of aryl methyl sites for hydroxylation is 1. The number of hydrogen-bond acceptors (Lipinski definition) is 6. The Labute approximate surface area is 209 Å². The molecule has 0 amide bonds. The number of aliphatic hydroxyl groups is 1. The van der Waals surface area contributed by atoms with Crippen molar-refractivity contribution in [3.05, 3.63) is 90.1 Å². The van der Waals surface area contributed by atoms with E-state index < -0.39 is 6.10 Å². The highest BCUT2D eigenvalue weighted by Crippen LogP contribution is 2.34. The van der Waals surface area contributed by atoms with E-state index in [0.29, 0.717) is 31.3 Å². The predicted octanol–water partition coefficient (Wildman–Crippen LogP) is 4.62. The third-order valence-corrected chi connectivity index (χ3v) is 5.47. The molecule has 0 aliphatic heterocycles. The van der Waals surface area contributed by atoms with Gasteiger partial charge in [-0.05, 0) is 36.4 Å². The summed E-state index contributed by atoms with van der Waals surface area (Å²) in [6.45, 7) is 1.37. The Morgan fingerprint density at radius 1 is 1.11 bits per heavy atom. The second kappa shape index (κ2) is 12.2. The van der Waals surface area contributed by atoms with Gasteiger partial charge in [0.15, 0.2) is 0 Å². The first-order valence-corrected chi connectivity index (χ1v) is 11.5. The molecule has 8 heteroatoms. The summed E-state index contributed by atoms with van der Waals surface area (Å²) in [5, 5.41) is 15.4. The van der Waals surface area contributed by atoms with Gasteiger partial charge in [-0.15, -0.1) is 6.42 Å². The molecule has 4 aromatic rings. The van der Waals surface area contributed by atoms with Crippen molar-refractivity contribution in [2.75, 3.05) is 19.8 Å². The fraction of sp³-hybridized carbons (Fsp3) is 0.250. The maximum atomic E-state index is 13.5. The van der Waals surface area contributed by atoms with Crippen LogP contribution in [0.25, 0.3) is 11.3 Å². The zero-order chi connectivity index (χ0) is 25.3. The molecule has 0 spiro atoms. The molecule has 0 saturated heterocycles. The van der Waals surface area contributed by atoms with Crippen LogP contribution in [0.4, 0.5) is 4.39 Å². The van der Waals surface area contributed by atoms with E-state index >= 15 is 0 Å². The number of nitrogens with zero attached hydrogens (tertiary/aromatic N) is 3. The topological polar surface area (TPSA) is 72.9 Å². The summed E-state index contributed by atoms with van der Waals surface area (Å²) in [4.78, 5) is 2.03. The van der Waals surface area contributed by atoms with Crippen LogP contribution in [0.15, 0.2) is 77.4 Å². The van der Waals surface area contributed by atoms with Crippen LogP contribution in [0, 0.1) is 18.2 Å². The van der Waals surface area contributed by atoms with E-state index in [4.69, 9.17) is 25.4 Å². The molecule has 7 nitrogen and oxygen atoms in total. The van der Waals surface area contributed by atoms with Crippen molar-refractivity contribution in [3.63, 3.8) is 0 Å². The van der Waals surface area contributed by atoms with Gasteiger partial charge >= 0.3 is 0 Å². The molecule has 1 atom stereocenters. The lowest BCUT2D eigenvalue weighted by Gasteiger charge is -2.24. The van der Waals surface area contributed by atoms with Crippen LogP contribution >= 0.6 is 0 Å². The van der Waals surface area contributed by atoms with Gasteiger partial charge in [-0.2, -0.15) is 5.10 Å². The van der Waals surface area contributed by atoms with E-state index in [1.807, 2.05) is 47.4 Å². The average Bonchev–Trinajstić information content (AvgIpc) is 3.49. The highest BCUT2D eigenvalue weighted by molar-refractivity contribution is 5.65. The fourth-order valence-electron chi connectivity index (χ4n) is 3.90. The van der Waals surface area contributed by atoms with Crippen LogP contribution in [0.1, 0.15) is 11.3 Å². The van der Waals surface area contributed by atoms with Gasteiger partial charge in [0.25, 0.3) is 0 Å². The molecule has 2 aromatic heterocycles. The van der Waals surface area contributed by atoms with Gasteiger partial charge < -0.3 is 19.0 Å². The molecule has 1 N–H and O–H groups in total. The number of aromatic nitrogens is 2. The van der Waals surface area contributed by atoms with Crippen LogP contribution in [0.3, 0.4) is 0 Å². The number of terminal acetylenes is 1. The van der Waals surface area contributed by atoms with Gasteiger partial charge in [0.05, 0.1) is 31.1 Å². The number of ether oxygens (including phenoxy) is 2. The summed E-state index contributed by atoms with van der Waals surface area (Å²) in [7, 11) is 1.80. The quantitative estimate of drug-likeness (QED) is 0.231. The zero-order valence-corrected chi connectivity index (χ0v) is 20.0. The first-order chi connectivity index (χ1) is 17.5. The third kappa shape index (κ3) is 6.61. The van der Waals surface area contributed by atoms with Crippen molar-refractivity contribution in [3.8, 4) is 35.2 Å². The molecule has 0 fully saturated rings. The summed E-state index contributed by atoms with van der Waals surface area (Å²) >= 11 is 0. The number of furan rings is 1. The second-order valence-electron chi connectivity index (χ2n) is 8.30. The van der Waals surface area contributed by atoms with Crippen LogP contribution in [0.2, 0.25) is 0 Å². The monoisotopic (exact) mass is 489 g/mol. The lowest BCUT2D eigenvalue weighted by atomic mass is 10.1. The highest BCUT2D eigenvalue weighted by Gasteiger charge is 2.24. The maximum absolute atomic E-state index is 13.5. The minimum Gasteiger partial charge on any atom is -0.468 e. The first kappa shape index (κ1) is 25.2. The predicted molar refractivity (Wildman–Crippen MR) is 134 cm³/mol. The van der Waals surface area contributed by atoms with Crippen molar-refractivity contribution < 1.29 is 23.4 Å². The minimum atomic E-state index is -0.772. The van der Waals surface area contributed by atoms with Crippen LogP contribution in [-0.4, -0.2) is 45.6 Å². The summed E-state index contributed by atoms with van der Waals surface area (Å²) in [5.41, 5.74) is 2.49.